The van der Waals surface area contributed by atoms with Gasteiger partial charge in [0.25, 0.3) is 0 Å². The largest absolute Gasteiger partial charge is 0.142 e. The number of alkyl halides is 1. The highest BCUT2D eigenvalue weighted by Gasteiger charge is 1.74. The minimum atomic E-state index is 0.699. The molecule has 7 heavy (non-hydrogen) atoms. The van der Waals surface area contributed by atoms with E-state index in [4.69, 9.17) is 11.6 Å². The fraction of sp³-hybridized carbons (Fsp3) is 0.600. The normalized spacial score (nSPS) is 10.6. The van der Waals surface area contributed by atoms with Gasteiger partial charge in [0.05, 0.1) is 5.21 Å². The second-order valence-electron chi connectivity index (χ2n) is 1.05. The molecule has 0 aliphatic rings. The maximum Gasteiger partial charge on any atom is 0.0683 e. The molecule has 0 saturated heterocycles. The zero-order chi connectivity index (χ0) is 5.54. The minimum absolute atomic E-state index is 0.699. The molecule has 0 amide bonds. The van der Waals surface area contributed by atoms with Gasteiger partial charge in [-0.15, -0.1) is 23.4 Å². The van der Waals surface area contributed by atoms with Gasteiger partial charge in [-0.05, 0) is 6.92 Å². The highest BCUT2D eigenvalue weighted by molar-refractivity contribution is 8.00. The predicted molar refractivity (Wildman–Crippen MR) is 38.0 cm³/mol. The molecule has 0 heterocycles. The average Bonchev–Trinajstić information content (AvgIpc) is 1.69. The third kappa shape index (κ3) is 6.38. The lowest BCUT2D eigenvalue weighted by molar-refractivity contribution is 1.65. The zero-order valence-electron chi connectivity index (χ0n) is 4.36. The fourth-order valence-electron chi connectivity index (χ4n) is 0.209. The molecule has 0 aromatic carbocycles. The Morgan fingerprint density at radius 3 is 2.86 bits per heavy atom. The van der Waals surface area contributed by atoms with Gasteiger partial charge in [-0.25, -0.2) is 0 Å². The number of thioether (sulfide) groups is 1. The van der Waals surface area contributed by atoms with Crippen molar-refractivity contribution in [2.45, 2.75) is 6.92 Å². The quantitative estimate of drug-likeness (QED) is 0.326. The van der Waals surface area contributed by atoms with Crippen LogP contribution in [0.3, 0.4) is 0 Å². The van der Waals surface area contributed by atoms with Crippen molar-refractivity contribution in [3.63, 3.8) is 0 Å². The van der Waals surface area contributed by atoms with Crippen molar-refractivity contribution in [1.82, 2.24) is 0 Å². The first-order valence-electron chi connectivity index (χ1n) is 2.16. The summed E-state index contributed by atoms with van der Waals surface area (Å²) < 4.78 is 0. The predicted octanol–water partition coefficient (Wildman–Crippen LogP) is 2.49. The van der Waals surface area contributed by atoms with Crippen LogP contribution >= 0.6 is 23.4 Å². The van der Waals surface area contributed by atoms with Crippen molar-refractivity contribution in [2.24, 2.45) is 0 Å². The van der Waals surface area contributed by atoms with Crippen LogP contribution < -0.4 is 0 Å². The number of hydrogen-bond acceptors (Lipinski definition) is 1. The number of halogens is 1. The Morgan fingerprint density at radius 1 is 1.71 bits per heavy atom. The molecule has 0 nitrogen and oxygen atoms in total. The van der Waals surface area contributed by atoms with Crippen LogP contribution in [0, 0.1) is 0 Å². The van der Waals surface area contributed by atoms with Crippen LogP contribution in [0.5, 0.6) is 0 Å². The molecule has 0 spiro atoms. The van der Waals surface area contributed by atoms with Crippen LogP contribution in [0.15, 0.2) is 12.2 Å². The lowest BCUT2D eigenvalue weighted by Gasteiger charge is -1.83. The summed E-state index contributed by atoms with van der Waals surface area (Å²) in [6.07, 6.45) is 4.12. The maximum atomic E-state index is 5.37. The highest BCUT2D eigenvalue weighted by Crippen LogP contribution is 2.00. The van der Waals surface area contributed by atoms with E-state index in [0.29, 0.717) is 5.21 Å². The van der Waals surface area contributed by atoms with Gasteiger partial charge in [0.2, 0.25) is 0 Å². The molecule has 0 aromatic rings. The lowest BCUT2D eigenvalue weighted by atomic mass is 10.6. The van der Waals surface area contributed by atoms with Crippen molar-refractivity contribution in [1.29, 1.82) is 0 Å². The molecule has 0 rings (SSSR count). The molecule has 0 aliphatic carbocycles. The summed E-state index contributed by atoms with van der Waals surface area (Å²) in [6.45, 7) is 2.01. The van der Waals surface area contributed by atoms with Crippen molar-refractivity contribution in [3.05, 3.63) is 12.2 Å². The van der Waals surface area contributed by atoms with Crippen LogP contribution in [0.25, 0.3) is 0 Å². The van der Waals surface area contributed by atoms with Gasteiger partial charge in [0, 0.05) is 5.75 Å². The van der Waals surface area contributed by atoms with Gasteiger partial charge in [0.15, 0.2) is 0 Å². The Balaban J connectivity index is 2.69. The van der Waals surface area contributed by atoms with E-state index in [1.165, 1.54) is 0 Å². The molecule has 0 fully saturated rings. The van der Waals surface area contributed by atoms with E-state index in [-0.39, 0.29) is 0 Å². The summed E-state index contributed by atoms with van der Waals surface area (Å²) in [4.78, 5) is 0. The molecular weight excluding hydrogens is 128 g/mol. The Kier molecular flexibility index (Phi) is 6.73. The van der Waals surface area contributed by atoms with E-state index in [9.17, 15) is 0 Å². The Morgan fingerprint density at radius 2 is 2.43 bits per heavy atom. The van der Waals surface area contributed by atoms with Crippen LogP contribution in [0.2, 0.25) is 0 Å². The van der Waals surface area contributed by atoms with Gasteiger partial charge in [-0.3, -0.25) is 0 Å². The van der Waals surface area contributed by atoms with Gasteiger partial charge in [0.1, 0.15) is 0 Å². The Hall–Kier alpha value is 0.380. The first-order chi connectivity index (χ1) is 3.41. The smallest absolute Gasteiger partial charge is 0.0683 e. The number of rotatable bonds is 3. The molecule has 0 saturated carbocycles. The number of allylic oxidation sites excluding steroid dienone is 1. The SMILES string of the molecule is CC=CCSCCl. The van der Waals surface area contributed by atoms with Crippen molar-refractivity contribution in [3.8, 4) is 0 Å². The van der Waals surface area contributed by atoms with E-state index in [2.05, 4.69) is 6.08 Å². The van der Waals surface area contributed by atoms with E-state index < -0.39 is 0 Å². The summed E-state index contributed by atoms with van der Waals surface area (Å²) in [5.41, 5.74) is 0. The topological polar surface area (TPSA) is 0 Å². The molecular formula is C5H9ClS. The third-order valence-corrected chi connectivity index (χ3v) is 1.57. The second kappa shape index (κ2) is 6.38. The molecule has 0 aliphatic heterocycles. The van der Waals surface area contributed by atoms with Gasteiger partial charge in [-0.1, -0.05) is 12.2 Å². The molecule has 2 heteroatoms. The Bertz CT molecular complexity index is 52.0. The Labute approximate surface area is 53.9 Å². The summed E-state index contributed by atoms with van der Waals surface area (Å²) in [6, 6.07) is 0. The zero-order valence-corrected chi connectivity index (χ0v) is 5.93. The van der Waals surface area contributed by atoms with Crippen molar-refractivity contribution >= 4 is 23.4 Å². The molecule has 0 aromatic heterocycles. The maximum absolute atomic E-state index is 5.37. The van der Waals surface area contributed by atoms with Crippen LogP contribution in [-0.4, -0.2) is 11.0 Å². The molecule has 0 radical (unpaired) electrons. The standard InChI is InChI=1S/C5H9ClS/c1-2-3-4-7-5-6/h2-3H,4-5H2,1H3. The van der Waals surface area contributed by atoms with E-state index >= 15 is 0 Å². The summed E-state index contributed by atoms with van der Waals surface area (Å²) in [7, 11) is 0. The van der Waals surface area contributed by atoms with Gasteiger partial charge in [-0.2, -0.15) is 0 Å². The van der Waals surface area contributed by atoms with Crippen molar-refractivity contribution in [2.75, 3.05) is 11.0 Å². The molecule has 0 unspecified atom stereocenters. The van der Waals surface area contributed by atoms with Crippen LogP contribution in [0.1, 0.15) is 6.92 Å². The monoisotopic (exact) mass is 136 g/mol. The van der Waals surface area contributed by atoms with Gasteiger partial charge < -0.3 is 0 Å². The minimum Gasteiger partial charge on any atom is -0.142 e. The first-order valence-corrected chi connectivity index (χ1v) is 3.85. The summed E-state index contributed by atoms with van der Waals surface area (Å²) in [5, 5.41) is 0.699. The van der Waals surface area contributed by atoms with Gasteiger partial charge >= 0.3 is 0 Å². The van der Waals surface area contributed by atoms with Crippen LogP contribution in [-0.2, 0) is 0 Å². The molecule has 0 N–H and O–H groups in total. The molecule has 0 bridgehead atoms. The van der Waals surface area contributed by atoms with Crippen molar-refractivity contribution < 1.29 is 0 Å². The second-order valence-corrected chi connectivity index (χ2v) is 2.66. The fourth-order valence-corrected chi connectivity index (χ4v) is 0.894. The average molecular weight is 137 g/mol. The van der Waals surface area contributed by atoms with Crippen LogP contribution in [0.4, 0.5) is 0 Å². The summed E-state index contributed by atoms with van der Waals surface area (Å²) >= 11 is 7.08. The van der Waals surface area contributed by atoms with E-state index in [1.807, 2.05) is 13.0 Å². The lowest BCUT2D eigenvalue weighted by Crippen LogP contribution is -1.66. The third-order valence-electron chi connectivity index (χ3n) is 0.527. The number of hydrogen-bond donors (Lipinski definition) is 0. The van der Waals surface area contributed by atoms with E-state index in [1.54, 1.807) is 11.8 Å². The first kappa shape index (κ1) is 7.38. The molecule has 0 atom stereocenters. The van der Waals surface area contributed by atoms with E-state index in [0.717, 1.165) is 5.75 Å². The summed E-state index contributed by atoms with van der Waals surface area (Å²) in [5.74, 6) is 1.04. The molecule has 42 valence electrons. The highest BCUT2D eigenvalue weighted by atomic mass is 35.5.